The Balaban J connectivity index is 0.941. The normalized spacial score (nSPS) is 23.7. The lowest BCUT2D eigenvalue weighted by Crippen LogP contribution is -2.63. The Labute approximate surface area is 386 Å². The van der Waals surface area contributed by atoms with Gasteiger partial charge in [0.1, 0.15) is 29.1 Å². The van der Waals surface area contributed by atoms with Gasteiger partial charge in [0.05, 0.1) is 42.9 Å². The Morgan fingerprint density at radius 3 is 2.42 bits per heavy atom. The molecule has 67 heavy (non-hydrogen) atoms. The van der Waals surface area contributed by atoms with Crippen molar-refractivity contribution in [3.63, 3.8) is 0 Å². The van der Waals surface area contributed by atoms with Crippen LogP contribution in [0.3, 0.4) is 0 Å². The number of amides is 5. The van der Waals surface area contributed by atoms with Crippen molar-refractivity contribution in [1.29, 1.82) is 0 Å². The molecule has 3 fully saturated rings. The summed E-state index contributed by atoms with van der Waals surface area (Å²) in [7, 11) is 4.69. The molecule has 5 amide bonds. The summed E-state index contributed by atoms with van der Waals surface area (Å²) >= 11 is 0. The number of carbonyl (C=O) groups is 5. The Hall–Kier alpha value is -6.44. The molecule has 0 radical (unpaired) electrons. The van der Waals surface area contributed by atoms with Gasteiger partial charge in [-0.25, -0.2) is 18.6 Å². The summed E-state index contributed by atoms with van der Waals surface area (Å²) in [6.07, 6.45) is 8.44. The average molecular weight is 928 g/mol. The zero-order chi connectivity index (χ0) is 47.6. The van der Waals surface area contributed by atoms with Gasteiger partial charge in [0.2, 0.25) is 23.7 Å². The lowest BCUT2D eigenvalue weighted by molar-refractivity contribution is -0.461. The highest BCUT2D eigenvalue weighted by Crippen LogP contribution is 2.41. The monoisotopic (exact) mass is 927 g/mol. The van der Waals surface area contributed by atoms with E-state index in [0.29, 0.717) is 66.9 Å². The van der Waals surface area contributed by atoms with Gasteiger partial charge in [0, 0.05) is 62.9 Å². The number of anilines is 5. The van der Waals surface area contributed by atoms with Crippen LogP contribution in [0.5, 0.6) is 5.75 Å². The third-order valence-electron chi connectivity index (χ3n) is 14.2. The van der Waals surface area contributed by atoms with Crippen molar-refractivity contribution in [2.24, 2.45) is 11.1 Å². The molecule has 0 bridgehead atoms. The van der Waals surface area contributed by atoms with Crippen LogP contribution in [0.4, 0.5) is 37.6 Å². The summed E-state index contributed by atoms with van der Waals surface area (Å²) < 4.78 is 43.9. The molecule has 1 aromatic heterocycles. The second kappa shape index (κ2) is 19.8. The summed E-state index contributed by atoms with van der Waals surface area (Å²) in [6.45, 7) is 2.79. The second-order valence-electron chi connectivity index (χ2n) is 18.0. The molecular weight excluding hydrogens is 871 g/mol. The van der Waals surface area contributed by atoms with Gasteiger partial charge in [0.15, 0.2) is 24.7 Å². The van der Waals surface area contributed by atoms with Gasteiger partial charge < -0.3 is 34.8 Å². The quantitative estimate of drug-likeness (QED) is 0.109. The molecule has 2 saturated heterocycles. The molecule has 356 valence electrons. The van der Waals surface area contributed by atoms with Crippen LogP contribution < -0.4 is 35.4 Å². The Kier molecular flexibility index (Phi) is 13.9. The van der Waals surface area contributed by atoms with E-state index in [-0.39, 0.29) is 73.8 Å². The predicted molar refractivity (Wildman–Crippen MR) is 244 cm³/mol. The highest BCUT2D eigenvalue weighted by molar-refractivity contribution is 6.04. The molecule has 3 unspecified atom stereocenters. The van der Waals surface area contributed by atoms with Crippen LogP contribution in [0.25, 0.3) is 0 Å². The summed E-state index contributed by atoms with van der Waals surface area (Å²) in [5, 5.41) is 11.6. The van der Waals surface area contributed by atoms with Crippen LogP contribution in [0.1, 0.15) is 99.4 Å². The van der Waals surface area contributed by atoms with E-state index >= 15 is 8.78 Å². The van der Waals surface area contributed by atoms with Crippen molar-refractivity contribution in [3.8, 4) is 5.75 Å². The number of likely N-dealkylation sites (N-methyl/N-ethyl adjacent to an activating group) is 1. The molecular formula is C47H57F2N10O8+. The number of nitroso groups, excluding NO2 is 1. The number of rotatable bonds is 14. The molecule has 3 N–H and O–H groups in total. The molecule has 1 aliphatic carbocycles. The molecule has 3 aromatic rings. The van der Waals surface area contributed by atoms with E-state index in [2.05, 4.69) is 31.0 Å². The van der Waals surface area contributed by atoms with Crippen molar-refractivity contribution in [2.45, 2.75) is 107 Å². The topological polar surface area (TPSA) is 208 Å². The van der Waals surface area contributed by atoms with Crippen LogP contribution in [0.15, 0.2) is 41.7 Å². The highest BCUT2D eigenvalue weighted by atomic mass is 19.1. The minimum atomic E-state index is -1.11. The fourth-order valence-electron chi connectivity index (χ4n) is 10.5. The molecule has 5 aliphatic rings. The number of imide groups is 1. The van der Waals surface area contributed by atoms with Gasteiger partial charge in [-0.2, -0.15) is 14.5 Å². The zero-order valence-electron chi connectivity index (χ0n) is 38.2. The maximum Gasteiger partial charge on any atom is 0.389 e. The number of aromatic nitrogens is 2. The lowest BCUT2D eigenvalue weighted by Gasteiger charge is -2.43. The summed E-state index contributed by atoms with van der Waals surface area (Å²) in [5.41, 5.74) is 0.222. The number of nitrogens with zero attached hydrogens (tertiary/aromatic N) is 7. The largest absolute Gasteiger partial charge is 0.495 e. The lowest BCUT2D eigenvalue weighted by atomic mass is 9.82. The number of hydrogen-bond acceptors (Lipinski definition) is 14. The van der Waals surface area contributed by atoms with Crippen LogP contribution in [-0.4, -0.2) is 121 Å². The standard InChI is InChI=1S/C47H56F2N10O8/c1-5-35-45(64)56(2)36-25-50-46(54-41(36)59(35)29-8-6-7-9-29)52-34-12-10-28(22-37(34)66-3)42(61)55-47(16-18-51-65)17-21-58(26-38(47)67-4)44(63)27-14-19-57(20-15-27)30-23-32(48)40(33(49)24-30)31-11-13-39(60)53-43(31)62/h10,12,22-27,29,31,35,38H,5-9,11,13-21H2,1-4H3,(H2-,50,52,53,54,55,60,61,62)/p+1/t31?,35-,38?,47?/m1/s1. The van der Waals surface area contributed by atoms with Crippen molar-refractivity contribution in [2.75, 3.05) is 67.5 Å². The second-order valence-corrected chi connectivity index (χ2v) is 18.0. The SMILES string of the molecule is CC[C@@H]1C(=O)N(C)c2cnc(Nc3ccc(C(=O)NC4(CCN=O)CC[N+](C(=O)C5CCN(c6cc(F)c(C7CCC(=O)NC7=O)c(F)c6)CC5)=CC4OC)cc3OC)nc2N1C1CCCC1. The Morgan fingerprint density at radius 1 is 1.03 bits per heavy atom. The van der Waals surface area contributed by atoms with Gasteiger partial charge in [-0.1, -0.05) is 24.9 Å². The number of hydrogen-bond donors (Lipinski definition) is 3. The van der Waals surface area contributed by atoms with Crippen molar-refractivity contribution in [3.05, 3.63) is 64.2 Å². The molecule has 5 heterocycles. The first-order chi connectivity index (χ1) is 32.3. The van der Waals surface area contributed by atoms with Gasteiger partial charge >= 0.3 is 5.91 Å². The zero-order valence-corrected chi connectivity index (χ0v) is 38.2. The van der Waals surface area contributed by atoms with E-state index in [4.69, 9.17) is 14.5 Å². The van der Waals surface area contributed by atoms with E-state index < -0.39 is 52.8 Å². The van der Waals surface area contributed by atoms with Crippen LogP contribution in [0.2, 0.25) is 0 Å². The maximum absolute atomic E-state index is 15.3. The fourth-order valence-corrected chi connectivity index (χ4v) is 10.5. The molecule has 4 aliphatic heterocycles. The van der Waals surface area contributed by atoms with E-state index in [9.17, 15) is 28.9 Å². The van der Waals surface area contributed by atoms with Crippen molar-refractivity contribution in [1.82, 2.24) is 20.6 Å². The molecule has 2 aromatic carbocycles. The smallest absolute Gasteiger partial charge is 0.389 e. The molecule has 1 saturated carbocycles. The van der Waals surface area contributed by atoms with Gasteiger partial charge in [-0.15, -0.1) is 0 Å². The maximum atomic E-state index is 15.3. The Bertz CT molecular complexity index is 2450. The number of methoxy groups -OCH3 is 2. The Morgan fingerprint density at radius 2 is 1.76 bits per heavy atom. The number of ether oxygens (including phenoxy) is 2. The minimum Gasteiger partial charge on any atom is -0.495 e. The van der Waals surface area contributed by atoms with Crippen molar-refractivity contribution < 1.29 is 46.8 Å². The summed E-state index contributed by atoms with van der Waals surface area (Å²) in [4.78, 5) is 91.9. The highest BCUT2D eigenvalue weighted by Gasteiger charge is 2.48. The molecule has 0 spiro atoms. The fraction of sp³-hybridized carbons (Fsp3) is 0.532. The summed E-state index contributed by atoms with van der Waals surface area (Å²) in [5.74, 6) is -3.73. The average Bonchev–Trinajstić information content (AvgIpc) is 3.87. The van der Waals surface area contributed by atoms with E-state index in [1.54, 1.807) is 52.0 Å². The van der Waals surface area contributed by atoms with Crippen LogP contribution in [-0.2, 0) is 23.9 Å². The number of benzene rings is 2. The van der Waals surface area contributed by atoms with E-state index in [1.165, 1.54) is 26.4 Å². The number of fused-ring (bicyclic) bond motifs is 1. The number of nitrogens with one attached hydrogen (secondary N) is 3. The van der Waals surface area contributed by atoms with Gasteiger partial charge in [0.25, 0.3) is 5.91 Å². The molecule has 18 nitrogen and oxygen atoms in total. The first-order valence-electron chi connectivity index (χ1n) is 23.0. The third kappa shape index (κ3) is 9.31. The third-order valence-corrected chi connectivity index (χ3v) is 14.2. The van der Waals surface area contributed by atoms with Gasteiger partial charge in [-0.3, -0.25) is 24.5 Å². The first-order valence-corrected chi connectivity index (χ1v) is 23.0. The first kappa shape index (κ1) is 47.1. The predicted octanol–water partition coefficient (Wildman–Crippen LogP) is 5.10. The van der Waals surface area contributed by atoms with Gasteiger partial charge in [-0.05, 0) is 75.3 Å². The summed E-state index contributed by atoms with van der Waals surface area (Å²) in [6, 6.07) is 7.14. The molecule has 4 atom stereocenters. The van der Waals surface area contributed by atoms with Crippen LogP contribution >= 0.6 is 0 Å². The molecule has 8 rings (SSSR count). The molecule has 20 heteroatoms. The van der Waals surface area contributed by atoms with E-state index in [0.717, 1.165) is 25.7 Å². The number of piperidine rings is 2. The number of carbonyl (C=O) groups excluding carboxylic acids is 5. The number of halogens is 2. The van der Waals surface area contributed by atoms with Crippen LogP contribution in [0, 0.1) is 22.5 Å². The van der Waals surface area contributed by atoms with Crippen molar-refractivity contribution >= 4 is 64.6 Å². The van der Waals surface area contributed by atoms with E-state index in [1.807, 2.05) is 6.92 Å². The minimum absolute atomic E-state index is 0.00886.